The molecular formula is C16H18ClFN4O4S2. The maximum absolute atomic E-state index is 13.3. The van der Waals surface area contributed by atoms with Gasteiger partial charge in [-0.1, -0.05) is 11.6 Å². The van der Waals surface area contributed by atoms with Crippen molar-refractivity contribution < 1.29 is 22.3 Å². The largest absolute Gasteiger partial charge is 0.383 e. The number of carbonyl (C=O) groups is 1. The summed E-state index contributed by atoms with van der Waals surface area (Å²) in [4.78, 5) is 17.0. The zero-order valence-electron chi connectivity index (χ0n) is 14.8. The first-order valence-corrected chi connectivity index (χ1v) is 10.9. The molecule has 0 spiro atoms. The highest BCUT2D eigenvalue weighted by Crippen LogP contribution is 2.30. The normalized spacial score (nSPS) is 22.1. The second-order valence-electron chi connectivity index (χ2n) is 6.02. The molecule has 152 valence electrons. The number of nitrogens with one attached hydrogen (secondary N) is 2. The van der Waals surface area contributed by atoms with Gasteiger partial charge in [0.1, 0.15) is 16.9 Å². The molecule has 0 saturated carbocycles. The maximum Gasteiger partial charge on any atom is 0.280 e. The van der Waals surface area contributed by atoms with E-state index in [1.807, 2.05) is 0 Å². The van der Waals surface area contributed by atoms with Gasteiger partial charge < -0.3 is 10.1 Å². The van der Waals surface area contributed by atoms with Gasteiger partial charge in [-0.15, -0.1) is 11.3 Å². The van der Waals surface area contributed by atoms with Crippen LogP contribution >= 0.6 is 22.9 Å². The Hall–Kier alpha value is -1.63. The van der Waals surface area contributed by atoms with Gasteiger partial charge in [0.05, 0.1) is 17.7 Å². The van der Waals surface area contributed by atoms with E-state index in [9.17, 15) is 17.6 Å². The van der Waals surface area contributed by atoms with Crippen LogP contribution in [0.4, 0.5) is 10.1 Å². The van der Waals surface area contributed by atoms with Gasteiger partial charge in [-0.2, -0.15) is 17.4 Å². The molecule has 2 heterocycles. The van der Waals surface area contributed by atoms with E-state index in [4.69, 9.17) is 16.3 Å². The number of aromatic nitrogens is 1. The zero-order valence-corrected chi connectivity index (χ0v) is 17.2. The summed E-state index contributed by atoms with van der Waals surface area (Å²) in [5, 5.41) is 4.76. The van der Waals surface area contributed by atoms with Crippen molar-refractivity contribution in [1.82, 2.24) is 14.0 Å². The fraction of sp³-hybridized carbons (Fsp3) is 0.375. The lowest BCUT2D eigenvalue weighted by atomic mass is 10.1. The summed E-state index contributed by atoms with van der Waals surface area (Å²) in [7, 11) is -2.51. The van der Waals surface area contributed by atoms with Crippen molar-refractivity contribution in [1.29, 1.82) is 0 Å². The van der Waals surface area contributed by atoms with Gasteiger partial charge in [-0.25, -0.2) is 9.37 Å². The summed E-state index contributed by atoms with van der Waals surface area (Å²) in [6.45, 7) is 0.119. The third kappa shape index (κ3) is 4.67. The third-order valence-electron chi connectivity index (χ3n) is 4.16. The number of carbonyl (C=O) groups excluding carboxylic acids is 1. The van der Waals surface area contributed by atoms with E-state index in [0.717, 1.165) is 10.4 Å². The molecule has 3 rings (SSSR count). The standard InChI is InChI=1S/C16H18ClFN4O4S2/c1-26-6-5-22-14(15(23)20-10-2-3-12(18)11(17)8-10)9-13(21-28(22,24)25)16-19-4-7-27-16/h2-4,7-8,13-14,21H,5-6,9H2,1H3,(H,20,23)/t13-,14+/m1/s1. The van der Waals surface area contributed by atoms with Crippen molar-refractivity contribution in [2.24, 2.45) is 0 Å². The molecular weight excluding hydrogens is 431 g/mol. The predicted octanol–water partition coefficient (Wildman–Crippen LogP) is 2.17. The number of amides is 1. The molecule has 0 radical (unpaired) electrons. The molecule has 8 nitrogen and oxygen atoms in total. The van der Waals surface area contributed by atoms with Crippen LogP contribution in [0.3, 0.4) is 0 Å². The molecule has 1 aliphatic rings. The number of benzene rings is 1. The Morgan fingerprint density at radius 1 is 1.54 bits per heavy atom. The molecule has 1 amide bonds. The van der Waals surface area contributed by atoms with Crippen molar-refractivity contribution in [3.05, 3.63) is 45.6 Å². The number of nitrogens with zero attached hydrogens (tertiary/aromatic N) is 2. The Labute approximate surface area is 170 Å². The average molecular weight is 449 g/mol. The number of halogens is 2. The summed E-state index contributed by atoms with van der Waals surface area (Å²) in [5.74, 6) is -1.17. The van der Waals surface area contributed by atoms with Crippen molar-refractivity contribution in [2.75, 3.05) is 25.6 Å². The molecule has 1 aromatic carbocycles. The molecule has 12 heteroatoms. The molecule has 1 aromatic heterocycles. The Kier molecular flexibility index (Phi) is 6.63. The first kappa shape index (κ1) is 21.1. The van der Waals surface area contributed by atoms with E-state index in [1.54, 1.807) is 11.6 Å². The summed E-state index contributed by atoms with van der Waals surface area (Å²) >= 11 is 7.05. The Morgan fingerprint density at radius 2 is 2.32 bits per heavy atom. The van der Waals surface area contributed by atoms with E-state index >= 15 is 0 Å². The zero-order chi connectivity index (χ0) is 20.3. The van der Waals surface area contributed by atoms with Crippen LogP contribution < -0.4 is 10.0 Å². The summed E-state index contributed by atoms with van der Waals surface area (Å²) < 4.78 is 47.4. The van der Waals surface area contributed by atoms with Crippen LogP contribution in [-0.2, 0) is 19.7 Å². The molecule has 2 N–H and O–H groups in total. The minimum absolute atomic E-state index is 0.00131. The molecule has 0 bridgehead atoms. The first-order chi connectivity index (χ1) is 13.3. The van der Waals surface area contributed by atoms with Gasteiger partial charge in [0, 0.05) is 30.9 Å². The van der Waals surface area contributed by atoms with Gasteiger partial charge in [0.25, 0.3) is 10.2 Å². The Morgan fingerprint density at radius 3 is 2.96 bits per heavy atom. The highest BCUT2D eigenvalue weighted by Gasteiger charge is 2.43. The Bertz CT molecular complexity index is 942. The molecule has 1 fully saturated rings. The molecule has 1 aliphatic heterocycles. The van der Waals surface area contributed by atoms with Crippen molar-refractivity contribution in [2.45, 2.75) is 18.5 Å². The van der Waals surface area contributed by atoms with Crippen molar-refractivity contribution in [3.63, 3.8) is 0 Å². The SMILES string of the molecule is COCCN1[C@H](C(=O)Nc2ccc(F)c(Cl)c2)C[C@H](c2nccs2)NS1(=O)=O. The lowest BCUT2D eigenvalue weighted by Gasteiger charge is -2.37. The van der Waals surface area contributed by atoms with Gasteiger partial charge in [0.2, 0.25) is 5.91 Å². The third-order valence-corrected chi connectivity index (χ3v) is 6.98. The minimum atomic E-state index is -3.95. The number of rotatable bonds is 6. The first-order valence-electron chi connectivity index (χ1n) is 8.25. The lowest BCUT2D eigenvalue weighted by Crippen LogP contribution is -2.58. The second kappa shape index (κ2) is 8.80. The van der Waals surface area contributed by atoms with Gasteiger partial charge in [-0.3, -0.25) is 4.79 Å². The summed E-state index contributed by atoms with van der Waals surface area (Å²) in [6, 6.07) is 2.11. The van der Waals surface area contributed by atoms with Crippen LogP contribution in [0.5, 0.6) is 0 Å². The highest BCUT2D eigenvalue weighted by molar-refractivity contribution is 7.87. The number of anilines is 1. The fourth-order valence-corrected chi connectivity index (χ4v) is 5.35. The quantitative estimate of drug-likeness (QED) is 0.705. The van der Waals surface area contributed by atoms with Crippen LogP contribution in [0.15, 0.2) is 29.8 Å². The number of ether oxygens (including phenoxy) is 1. The van der Waals surface area contributed by atoms with Crippen molar-refractivity contribution >= 4 is 44.7 Å². The molecule has 2 aromatic rings. The number of thiazole rings is 1. The second-order valence-corrected chi connectivity index (χ2v) is 9.01. The molecule has 0 aliphatic carbocycles. The van der Waals surface area contributed by atoms with Crippen LogP contribution in [0.1, 0.15) is 17.5 Å². The monoisotopic (exact) mass is 448 g/mol. The Balaban J connectivity index is 1.87. The van der Waals surface area contributed by atoms with Gasteiger partial charge in [-0.05, 0) is 24.6 Å². The molecule has 28 heavy (non-hydrogen) atoms. The van der Waals surface area contributed by atoms with E-state index < -0.39 is 34.0 Å². The summed E-state index contributed by atoms with van der Waals surface area (Å²) in [5.41, 5.74) is 0.268. The number of hydrogen-bond donors (Lipinski definition) is 2. The van der Waals surface area contributed by atoms with Crippen LogP contribution in [-0.4, -0.2) is 49.9 Å². The molecule has 0 unspecified atom stereocenters. The fourth-order valence-electron chi connectivity index (χ4n) is 2.86. The van der Waals surface area contributed by atoms with E-state index in [-0.39, 0.29) is 30.3 Å². The molecule has 2 atom stereocenters. The van der Waals surface area contributed by atoms with Gasteiger partial charge in [0.15, 0.2) is 0 Å². The van der Waals surface area contributed by atoms with E-state index in [0.29, 0.717) is 5.01 Å². The number of hydrogen-bond acceptors (Lipinski definition) is 6. The predicted molar refractivity (Wildman–Crippen MR) is 104 cm³/mol. The topological polar surface area (TPSA) is 101 Å². The number of methoxy groups -OCH3 is 1. The minimum Gasteiger partial charge on any atom is -0.383 e. The van der Waals surface area contributed by atoms with Crippen LogP contribution in [0.25, 0.3) is 0 Å². The summed E-state index contributed by atoms with van der Waals surface area (Å²) in [6.07, 6.45) is 1.75. The van der Waals surface area contributed by atoms with E-state index in [1.165, 1.54) is 30.6 Å². The highest BCUT2D eigenvalue weighted by atomic mass is 35.5. The smallest absolute Gasteiger partial charge is 0.280 e. The van der Waals surface area contributed by atoms with Crippen LogP contribution in [0.2, 0.25) is 5.02 Å². The van der Waals surface area contributed by atoms with Crippen LogP contribution in [0, 0.1) is 5.82 Å². The maximum atomic E-state index is 13.3. The van der Waals surface area contributed by atoms with Crippen molar-refractivity contribution in [3.8, 4) is 0 Å². The molecule has 1 saturated heterocycles. The lowest BCUT2D eigenvalue weighted by molar-refractivity contribution is -0.120. The average Bonchev–Trinajstić information content (AvgIpc) is 3.17. The van der Waals surface area contributed by atoms with Gasteiger partial charge >= 0.3 is 0 Å². The van der Waals surface area contributed by atoms with E-state index in [2.05, 4.69) is 15.0 Å².